The van der Waals surface area contributed by atoms with Crippen LogP contribution in [-0.4, -0.2) is 24.3 Å². The SMILES string of the molecule is Nc1nc2c(s1)CN(S(=O)(=O)c1cccc(C(F)(F)F)c1)CC2. The van der Waals surface area contributed by atoms with Crippen LogP contribution < -0.4 is 5.73 Å². The van der Waals surface area contributed by atoms with Crippen molar-refractivity contribution in [2.75, 3.05) is 12.3 Å². The molecular formula is C13H12F3N3O2S2. The van der Waals surface area contributed by atoms with Crippen molar-refractivity contribution in [1.82, 2.24) is 9.29 Å². The standard InChI is InChI=1S/C13H12F3N3O2S2/c14-13(15,16)8-2-1-3-9(6-8)23(20,21)19-5-4-10-11(7-19)22-12(17)18-10/h1-3,6H,4-5,7H2,(H2,17,18). The zero-order valence-electron chi connectivity index (χ0n) is 11.7. The molecule has 0 aliphatic carbocycles. The van der Waals surface area contributed by atoms with Crippen LogP contribution in [0, 0.1) is 0 Å². The molecule has 0 amide bonds. The third-order valence-corrected chi connectivity index (χ3v) is 6.26. The average molecular weight is 363 g/mol. The van der Waals surface area contributed by atoms with E-state index in [2.05, 4.69) is 4.98 Å². The Kier molecular flexibility index (Phi) is 3.85. The summed E-state index contributed by atoms with van der Waals surface area (Å²) in [6.07, 6.45) is -4.20. The first-order chi connectivity index (χ1) is 10.7. The number of sulfonamides is 1. The van der Waals surface area contributed by atoms with E-state index in [1.54, 1.807) is 0 Å². The second kappa shape index (κ2) is 5.46. The minimum absolute atomic E-state index is 0.0722. The number of benzene rings is 1. The highest BCUT2D eigenvalue weighted by molar-refractivity contribution is 7.89. The number of aromatic nitrogens is 1. The van der Waals surface area contributed by atoms with Gasteiger partial charge in [-0.05, 0) is 18.2 Å². The van der Waals surface area contributed by atoms with Gasteiger partial charge in [0.2, 0.25) is 10.0 Å². The quantitative estimate of drug-likeness (QED) is 0.889. The van der Waals surface area contributed by atoms with Crippen LogP contribution in [0.5, 0.6) is 0 Å². The summed E-state index contributed by atoms with van der Waals surface area (Å²) in [5.41, 5.74) is 5.37. The van der Waals surface area contributed by atoms with E-state index in [1.807, 2.05) is 0 Å². The summed E-state index contributed by atoms with van der Waals surface area (Å²) in [7, 11) is -4.01. The first-order valence-corrected chi connectivity index (χ1v) is 8.85. The van der Waals surface area contributed by atoms with Gasteiger partial charge in [0.25, 0.3) is 0 Å². The van der Waals surface area contributed by atoms with E-state index in [0.29, 0.717) is 17.6 Å². The Morgan fingerprint density at radius 3 is 2.74 bits per heavy atom. The summed E-state index contributed by atoms with van der Waals surface area (Å²) in [5.74, 6) is 0. The van der Waals surface area contributed by atoms with E-state index in [-0.39, 0.29) is 18.0 Å². The van der Waals surface area contributed by atoms with Crippen LogP contribution in [0.1, 0.15) is 16.1 Å². The molecule has 10 heteroatoms. The Labute approximate surface area is 134 Å². The molecule has 1 aromatic carbocycles. The van der Waals surface area contributed by atoms with Crippen molar-refractivity contribution in [3.8, 4) is 0 Å². The van der Waals surface area contributed by atoms with Gasteiger partial charge in [0.15, 0.2) is 5.13 Å². The van der Waals surface area contributed by atoms with E-state index in [9.17, 15) is 21.6 Å². The van der Waals surface area contributed by atoms with Crippen LogP contribution in [0.2, 0.25) is 0 Å². The summed E-state index contributed by atoms with van der Waals surface area (Å²) in [5, 5.41) is 0.355. The fourth-order valence-electron chi connectivity index (χ4n) is 2.38. The highest BCUT2D eigenvalue weighted by atomic mass is 32.2. The number of anilines is 1. The number of nitrogens with zero attached hydrogens (tertiary/aromatic N) is 2. The molecule has 2 aromatic rings. The number of nitrogen functional groups attached to an aromatic ring is 1. The highest BCUT2D eigenvalue weighted by Crippen LogP contribution is 2.33. The van der Waals surface area contributed by atoms with Crippen LogP contribution in [-0.2, 0) is 29.2 Å². The second-order valence-corrected chi connectivity index (χ2v) is 8.09. The van der Waals surface area contributed by atoms with Crippen LogP contribution in [0.4, 0.5) is 18.3 Å². The van der Waals surface area contributed by atoms with Crippen molar-refractivity contribution < 1.29 is 21.6 Å². The molecule has 124 valence electrons. The number of hydrogen-bond acceptors (Lipinski definition) is 5. The smallest absolute Gasteiger partial charge is 0.375 e. The molecule has 23 heavy (non-hydrogen) atoms. The van der Waals surface area contributed by atoms with E-state index in [0.717, 1.165) is 27.0 Å². The molecule has 1 aliphatic heterocycles. The van der Waals surface area contributed by atoms with Gasteiger partial charge in [-0.2, -0.15) is 17.5 Å². The number of thiazole rings is 1. The third kappa shape index (κ3) is 3.06. The zero-order valence-corrected chi connectivity index (χ0v) is 13.3. The van der Waals surface area contributed by atoms with Crippen molar-refractivity contribution in [2.24, 2.45) is 0 Å². The highest BCUT2D eigenvalue weighted by Gasteiger charge is 2.34. The molecule has 0 radical (unpaired) electrons. The molecule has 0 unspecified atom stereocenters. The summed E-state index contributed by atoms with van der Waals surface area (Å²) in [4.78, 5) is 4.47. The van der Waals surface area contributed by atoms with Gasteiger partial charge in [0.05, 0.1) is 22.7 Å². The molecule has 2 heterocycles. The summed E-state index contributed by atoms with van der Waals surface area (Å²) in [6, 6.07) is 3.76. The Morgan fingerprint density at radius 1 is 1.30 bits per heavy atom. The van der Waals surface area contributed by atoms with Gasteiger partial charge in [0.1, 0.15) is 0 Å². The fourth-order valence-corrected chi connectivity index (χ4v) is 4.81. The van der Waals surface area contributed by atoms with Crippen LogP contribution in [0.3, 0.4) is 0 Å². The summed E-state index contributed by atoms with van der Waals surface area (Å²) in [6.45, 7) is 0.234. The molecule has 1 aliphatic rings. The lowest BCUT2D eigenvalue weighted by Gasteiger charge is -2.25. The maximum atomic E-state index is 12.8. The molecule has 0 saturated heterocycles. The molecule has 1 aromatic heterocycles. The minimum atomic E-state index is -4.59. The van der Waals surface area contributed by atoms with Gasteiger partial charge >= 0.3 is 6.18 Å². The molecule has 0 spiro atoms. The lowest BCUT2D eigenvalue weighted by Crippen LogP contribution is -2.35. The first-order valence-electron chi connectivity index (χ1n) is 6.59. The van der Waals surface area contributed by atoms with Crippen LogP contribution >= 0.6 is 11.3 Å². The van der Waals surface area contributed by atoms with E-state index < -0.39 is 21.8 Å². The van der Waals surface area contributed by atoms with Gasteiger partial charge in [0, 0.05) is 17.8 Å². The lowest BCUT2D eigenvalue weighted by atomic mass is 10.2. The monoisotopic (exact) mass is 363 g/mol. The van der Waals surface area contributed by atoms with E-state index in [1.165, 1.54) is 17.4 Å². The van der Waals surface area contributed by atoms with Crippen molar-refractivity contribution in [2.45, 2.75) is 24.0 Å². The van der Waals surface area contributed by atoms with Crippen molar-refractivity contribution in [3.63, 3.8) is 0 Å². The summed E-state index contributed by atoms with van der Waals surface area (Å²) >= 11 is 1.19. The maximum Gasteiger partial charge on any atom is 0.416 e. The minimum Gasteiger partial charge on any atom is -0.375 e. The molecule has 0 bridgehead atoms. The number of nitrogens with two attached hydrogens (primary N) is 1. The van der Waals surface area contributed by atoms with Gasteiger partial charge in [-0.1, -0.05) is 6.07 Å². The Bertz CT molecular complexity index is 846. The van der Waals surface area contributed by atoms with E-state index >= 15 is 0 Å². The van der Waals surface area contributed by atoms with Crippen molar-refractivity contribution in [1.29, 1.82) is 0 Å². The van der Waals surface area contributed by atoms with Gasteiger partial charge in [-0.25, -0.2) is 13.4 Å². The van der Waals surface area contributed by atoms with Crippen LogP contribution in [0.25, 0.3) is 0 Å². The number of halogens is 3. The number of alkyl halides is 3. The normalized spacial score (nSPS) is 16.3. The van der Waals surface area contributed by atoms with Crippen LogP contribution in [0.15, 0.2) is 29.2 Å². The molecule has 5 nitrogen and oxygen atoms in total. The third-order valence-electron chi connectivity index (χ3n) is 3.51. The largest absolute Gasteiger partial charge is 0.416 e. The molecule has 2 N–H and O–H groups in total. The van der Waals surface area contributed by atoms with Crippen molar-refractivity contribution >= 4 is 26.5 Å². The lowest BCUT2D eigenvalue weighted by molar-refractivity contribution is -0.137. The zero-order chi connectivity index (χ0) is 16.8. The molecule has 3 rings (SSSR count). The average Bonchev–Trinajstić information content (AvgIpc) is 2.85. The predicted molar refractivity (Wildman–Crippen MR) is 79.3 cm³/mol. The van der Waals surface area contributed by atoms with Crippen molar-refractivity contribution in [3.05, 3.63) is 40.4 Å². The molecule has 0 saturated carbocycles. The van der Waals surface area contributed by atoms with Gasteiger partial charge < -0.3 is 5.73 Å². The fraction of sp³-hybridized carbons (Fsp3) is 0.308. The maximum absolute atomic E-state index is 12.8. The summed E-state index contributed by atoms with van der Waals surface area (Å²) < 4.78 is 64.7. The Hall–Kier alpha value is -1.65. The van der Waals surface area contributed by atoms with Gasteiger partial charge in [-0.3, -0.25) is 0 Å². The molecule has 0 fully saturated rings. The Balaban J connectivity index is 1.94. The topological polar surface area (TPSA) is 76.3 Å². The number of hydrogen-bond donors (Lipinski definition) is 1. The molecular weight excluding hydrogens is 351 g/mol. The predicted octanol–water partition coefficient (Wildman–Crippen LogP) is 2.49. The second-order valence-electron chi connectivity index (χ2n) is 5.04. The molecule has 0 atom stereocenters. The first kappa shape index (κ1) is 16.2. The Morgan fingerprint density at radius 2 is 2.04 bits per heavy atom. The number of fused-ring (bicyclic) bond motifs is 1. The van der Waals surface area contributed by atoms with Gasteiger partial charge in [-0.15, -0.1) is 11.3 Å². The van der Waals surface area contributed by atoms with E-state index in [4.69, 9.17) is 5.73 Å². The number of rotatable bonds is 2.